The van der Waals surface area contributed by atoms with Gasteiger partial charge in [-0.3, -0.25) is 4.21 Å². The Balaban J connectivity index is 1.91. The van der Waals surface area contributed by atoms with Crippen LogP contribution < -0.4 is 5.73 Å². The molecule has 1 fully saturated rings. The lowest BCUT2D eigenvalue weighted by atomic mass is 10.1. The van der Waals surface area contributed by atoms with Gasteiger partial charge in [0.2, 0.25) is 0 Å². The first-order valence-corrected chi connectivity index (χ1v) is 7.82. The highest BCUT2D eigenvalue weighted by molar-refractivity contribution is 7.85. The van der Waals surface area contributed by atoms with E-state index in [1.54, 1.807) is 0 Å². The lowest BCUT2D eigenvalue weighted by molar-refractivity contribution is 0.0992. The van der Waals surface area contributed by atoms with E-state index in [0.29, 0.717) is 5.75 Å². The van der Waals surface area contributed by atoms with Crippen LogP contribution in [-0.4, -0.2) is 28.4 Å². The summed E-state index contributed by atoms with van der Waals surface area (Å²) < 4.78 is 17.5. The second kappa shape index (κ2) is 6.45. The Labute approximate surface area is 111 Å². The van der Waals surface area contributed by atoms with Crippen molar-refractivity contribution in [1.82, 2.24) is 0 Å². The number of hydrogen-bond acceptors (Lipinski definition) is 3. The minimum absolute atomic E-state index is 0.130. The first kappa shape index (κ1) is 13.7. The lowest BCUT2D eigenvalue weighted by Gasteiger charge is -2.23. The number of rotatable bonds is 4. The van der Waals surface area contributed by atoms with Crippen molar-refractivity contribution >= 4 is 10.8 Å². The van der Waals surface area contributed by atoms with Gasteiger partial charge >= 0.3 is 0 Å². The van der Waals surface area contributed by atoms with Gasteiger partial charge in [-0.2, -0.15) is 0 Å². The molecule has 1 aromatic rings. The summed E-state index contributed by atoms with van der Waals surface area (Å²) in [7, 11) is -0.847. The average molecular weight is 267 g/mol. The molecule has 1 saturated heterocycles. The summed E-state index contributed by atoms with van der Waals surface area (Å²) in [5, 5.41) is 0.259. The van der Waals surface area contributed by atoms with Gasteiger partial charge in [-0.25, -0.2) is 0 Å². The molecule has 2 unspecified atom stereocenters. The van der Waals surface area contributed by atoms with Crippen molar-refractivity contribution in [2.75, 3.05) is 19.0 Å². The minimum atomic E-state index is -0.847. The van der Waals surface area contributed by atoms with Crippen molar-refractivity contribution in [1.29, 1.82) is 0 Å². The van der Waals surface area contributed by atoms with E-state index in [2.05, 4.69) is 6.92 Å². The minimum Gasteiger partial charge on any atom is -0.381 e. The maximum atomic E-state index is 12.2. The molecular weight excluding hydrogens is 246 g/mol. The molecule has 1 heterocycles. The number of hydrogen-bond donors (Lipinski definition) is 1. The number of nitrogens with two attached hydrogens (primary N) is 1. The van der Waals surface area contributed by atoms with Crippen molar-refractivity contribution in [3.63, 3.8) is 0 Å². The zero-order valence-corrected chi connectivity index (χ0v) is 11.6. The van der Waals surface area contributed by atoms with Crippen LogP contribution in [0.4, 0.5) is 0 Å². The van der Waals surface area contributed by atoms with Crippen LogP contribution in [0.3, 0.4) is 0 Å². The van der Waals surface area contributed by atoms with Crippen LogP contribution in [0.2, 0.25) is 0 Å². The molecule has 1 aliphatic heterocycles. The summed E-state index contributed by atoms with van der Waals surface area (Å²) in [5.74, 6) is 0.549. The van der Waals surface area contributed by atoms with Crippen molar-refractivity contribution < 1.29 is 8.95 Å². The molecule has 4 heteroatoms. The molecule has 2 rings (SSSR count). The molecule has 2 atom stereocenters. The Hall–Kier alpha value is -0.710. The Morgan fingerprint density at radius 2 is 1.94 bits per heavy atom. The molecule has 3 nitrogen and oxygen atoms in total. The van der Waals surface area contributed by atoms with E-state index < -0.39 is 10.8 Å². The third kappa shape index (κ3) is 3.64. The molecule has 0 aromatic heterocycles. The van der Waals surface area contributed by atoms with E-state index in [1.807, 2.05) is 24.3 Å². The fourth-order valence-corrected chi connectivity index (χ4v) is 3.70. The fraction of sp³-hybridized carbons (Fsp3) is 0.571. The second-order valence-electron chi connectivity index (χ2n) is 4.88. The summed E-state index contributed by atoms with van der Waals surface area (Å²) in [5.41, 5.74) is 8.42. The van der Waals surface area contributed by atoms with E-state index in [-0.39, 0.29) is 11.3 Å². The number of benzene rings is 1. The molecule has 100 valence electrons. The molecule has 2 N–H and O–H groups in total. The Morgan fingerprint density at radius 1 is 1.33 bits per heavy atom. The van der Waals surface area contributed by atoms with Gasteiger partial charge in [0, 0.05) is 41.1 Å². The third-order valence-electron chi connectivity index (χ3n) is 3.39. The van der Waals surface area contributed by atoms with E-state index >= 15 is 0 Å². The van der Waals surface area contributed by atoms with Crippen LogP contribution in [0.15, 0.2) is 24.3 Å². The largest absolute Gasteiger partial charge is 0.381 e. The Kier molecular flexibility index (Phi) is 4.92. The quantitative estimate of drug-likeness (QED) is 0.907. The average Bonchev–Trinajstić information content (AvgIpc) is 2.40. The van der Waals surface area contributed by atoms with Gasteiger partial charge in [0.1, 0.15) is 0 Å². The highest BCUT2D eigenvalue weighted by Gasteiger charge is 2.22. The maximum Gasteiger partial charge on any atom is 0.0477 e. The van der Waals surface area contributed by atoms with E-state index in [1.165, 1.54) is 5.56 Å². The molecule has 1 aliphatic rings. The van der Waals surface area contributed by atoms with Crippen LogP contribution in [0.25, 0.3) is 0 Å². The summed E-state index contributed by atoms with van der Waals surface area (Å²) in [6, 6.07) is 8.02. The van der Waals surface area contributed by atoms with Gasteiger partial charge in [0.25, 0.3) is 0 Å². The van der Waals surface area contributed by atoms with Gasteiger partial charge < -0.3 is 10.5 Å². The molecule has 0 bridgehead atoms. The molecule has 0 radical (unpaired) electrons. The van der Waals surface area contributed by atoms with Gasteiger partial charge in [-0.15, -0.1) is 0 Å². The van der Waals surface area contributed by atoms with E-state index in [9.17, 15) is 4.21 Å². The first-order valence-electron chi connectivity index (χ1n) is 6.44. The summed E-state index contributed by atoms with van der Waals surface area (Å²) in [4.78, 5) is 0. The molecule has 18 heavy (non-hydrogen) atoms. The van der Waals surface area contributed by atoms with Crippen LogP contribution in [-0.2, 0) is 15.5 Å². The first-order chi connectivity index (χ1) is 8.66. The number of ether oxygens (including phenoxy) is 1. The van der Waals surface area contributed by atoms with Crippen molar-refractivity contribution in [2.24, 2.45) is 5.73 Å². The predicted octanol–water partition coefficient (Wildman–Crippen LogP) is 1.92. The van der Waals surface area contributed by atoms with Crippen molar-refractivity contribution in [3.8, 4) is 0 Å². The normalized spacial score (nSPS) is 20.6. The van der Waals surface area contributed by atoms with Crippen LogP contribution in [0.5, 0.6) is 0 Å². The molecular formula is C14H21NO2S. The second-order valence-corrected chi connectivity index (χ2v) is 6.64. The van der Waals surface area contributed by atoms with Crippen LogP contribution in [0, 0.1) is 6.92 Å². The highest BCUT2D eigenvalue weighted by atomic mass is 32.2. The third-order valence-corrected chi connectivity index (χ3v) is 5.29. The Bertz CT molecular complexity index is 399. The monoisotopic (exact) mass is 267 g/mol. The van der Waals surface area contributed by atoms with Gasteiger partial charge in [0.05, 0.1) is 0 Å². The summed E-state index contributed by atoms with van der Waals surface area (Å²) >= 11 is 0. The number of aryl methyl sites for hydroxylation is 1. The lowest BCUT2D eigenvalue weighted by Crippen LogP contribution is -2.30. The predicted molar refractivity (Wildman–Crippen MR) is 75.0 cm³/mol. The molecule has 0 aliphatic carbocycles. The van der Waals surface area contributed by atoms with Crippen molar-refractivity contribution in [3.05, 3.63) is 35.4 Å². The van der Waals surface area contributed by atoms with E-state index in [0.717, 1.165) is 31.6 Å². The zero-order valence-electron chi connectivity index (χ0n) is 10.8. The SMILES string of the molecule is Cc1ccc(C(N)CS(=O)C2CCOCC2)cc1. The van der Waals surface area contributed by atoms with Gasteiger partial charge in [-0.1, -0.05) is 29.8 Å². The van der Waals surface area contributed by atoms with Gasteiger partial charge in [-0.05, 0) is 25.3 Å². The molecule has 0 spiro atoms. The fourth-order valence-electron chi connectivity index (χ4n) is 2.16. The topological polar surface area (TPSA) is 52.3 Å². The Morgan fingerprint density at radius 3 is 2.56 bits per heavy atom. The standard InChI is InChI=1S/C14H21NO2S/c1-11-2-4-12(5-3-11)14(15)10-18(16)13-6-8-17-9-7-13/h2-5,13-14H,6-10,15H2,1H3. The smallest absolute Gasteiger partial charge is 0.0477 e. The highest BCUT2D eigenvalue weighted by Crippen LogP contribution is 2.18. The van der Waals surface area contributed by atoms with Crippen molar-refractivity contribution in [2.45, 2.75) is 31.1 Å². The zero-order chi connectivity index (χ0) is 13.0. The molecule has 1 aromatic carbocycles. The maximum absolute atomic E-state index is 12.2. The summed E-state index contributed by atoms with van der Waals surface area (Å²) in [6.45, 7) is 3.52. The van der Waals surface area contributed by atoms with Crippen LogP contribution >= 0.6 is 0 Å². The van der Waals surface area contributed by atoms with Gasteiger partial charge in [0.15, 0.2) is 0 Å². The summed E-state index contributed by atoms with van der Waals surface area (Å²) in [6.07, 6.45) is 1.79. The van der Waals surface area contributed by atoms with E-state index in [4.69, 9.17) is 10.5 Å². The molecule has 0 amide bonds. The molecule has 0 saturated carbocycles. The van der Waals surface area contributed by atoms with Crippen LogP contribution in [0.1, 0.15) is 30.0 Å².